The average molecular weight is 260 g/mol. The number of nitrogens with zero attached hydrogens (tertiary/aromatic N) is 4. The Kier molecular flexibility index (Phi) is 3.36. The Hall–Kier alpha value is -1.65. The van der Waals surface area contributed by atoms with E-state index < -0.39 is 0 Å². The maximum Gasteiger partial charge on any atom is 0.219 e. The van der Waals surface area contributed by atoms with E-state index in [9.17, 15) is 4.79 Å². The molecular weight excluding hydrogens is 240 g/mol. The number of rotatable bonds is 2. The molecule has 3 rings (SSSR count). The third-order valence-electron chi connectivity index (χ3n) is 4.25. The Balaban J connectivity index is 1.67. The molecule has 0 spiro atoms. The summed E-state index contributed by atoms with van der Waals surface area (Å²) in [5.41, 5.74) is 1.19. The summed E-state index contributed by atoms with van der Waals surface area (Å²) in [5, 5.41) is 0. The lowest BCUT2D eigenvalue weighted by molar-refractivity contribution is -0.129. The molecule has 5 heteroatoms. The van der Waals surface area contributed by atoms with Crippen molar-refractivity contribution in [3.63, 3.8) is 0 Å². The Labute approximate surface area is 113 Å². The third kappa shape index (κ3) is 2.55. The number of aromatic nitrogens is 2. The lowest BCUT2D eigenvalue weighted by Gasteiger charge is -2.35. The van der Waals surface area contributed by atoms with Gasteiger partial charge in [-0.25, -0.2) is 9.97 Å². The second-order valence-electron chi connectivity index (χ2n) is 5.42. The highest BCUT2D eigenvalue weighted by atomic mass is 16.2. The fourth-order valence-electron chi connectivity index (χ4n) is 2.71. The Bertz CT molecular complexity index is 464. The molecule has 19 heavy (non-hydrogen) atoms. The number of amides is 1. The number of carbonyl (C=O) groups is 1. The molecule has 0 atom stereocenters. The number of anilines is 1. The van der Waals surface area contributed by atoms with Crippen molar-refractivity contribution < 1.29 is 4.79 Å². The predicted octanol–water partition coefficient (Wildman–Crippen LogP) is 1.41. The summed E-state index contributed by atoms with van der Waals surface area (Å²) >= 11 is 0. The van der Waals surface area contributed by atoms with E-state index in [-0.39, 0.29) is 5.91 Å². The van der Waals surface area contributed by atoms with E-state index in [2.05, 4.69) is 20.9 Å². The van der Waals surface area contributed by atoms with Crippen molar-refractivity contribution in [2.24, 2.45) is 0 Å². The molecule has 5 nitrogen and oxygen atoms in total. The maximum atomic E-state index is 11.3. The minimum absolute atomic E-state index is 0.164. The predicted molar refractivity (Wildman–Crippen MR) is 73.1 cm³/mol. The molecule has 102 valence electrons. The summed E-state index contributed by atoms with van der Waals surface area (Å²) in [6.07, 6.45) is 5.52. The molecule has 1 aromatic rings. The molecule has 1 aliphatic heterocycles. The van der Waals surface area contributed by atoms with Crippen LogP contribution in [0, 0.1) is 0 Å². The first-order chi connectivity index (χ1) is 9.24. The molecule has 1 aliphatic carbocycles. The lowest BCUT2D eigenvalue weighted by Crippen LogP contribution is -2.48. The normalized spacial score (nSPS) is 20.3. The van der Waals surface area contributed by atoms with Gasteiger partial charge in [0.25, 0.3) is 0 Å². The van der Waals surface area contributed by atoms with Crippen LogP contribution >= 0.6 is 0 Å². The van der Waals surface area contributed by atoms with Gasteiger partial charge in [-0.3, -0.25) is 4.79 Å². The van der Waals surface area contributed by atoms with Crippen LogP contribution in [-0.2, 0) is 4.79 Å². The van der Waals surface area contributed by atoms with Crippen LogP contribution in [0.2, 0.25) is 0 Å². The number of piperazine rings is 1. The Morgan fingerprint density at radius 3 is 2.53 bits per heavy atom. The average Bonchev–Trinajstić information content (AvgIpc) is 2.37. The molecule has 0 aromatic carbocycles. The molecule has 0 unspecified atom stereocenters. The van der Waals surface area contributed by atoms with Crippen LogP contribution in [0.4, 0.5) is 5.82 Å². The summed E-state index contributed by atoms with van der Waals surface area (Å²) < 4.78 is 0. The molecule has 2 aliphatic rings. The standard InChI is InChI=1S/C14H20N4O/c1-11(19)17-5-7-18(8-6-17)14-9-13(15-10-16-14)12-3-2-4-12/h9-10,12H,2-8H2,1H3. The van der Waals surface area contributed by atoms with E-state index in [1.807, 2.05) is 4.90 Å². The fourth-order valence-corrected chi connectivity index (χ4v) is 2.71. The van der Waals surface area contributed by atoms with Gasteiger partial charge in [-0.1, -0.05) is 6.42 Å². The maximum absolute atomic E-state index is 11.3. The molecule has 1 saturated heterocycles. The molecule has 2 fully saturated rings. The number of carbonyl (C=O) groups excluding carboxylic acids is 1. The number of hydrogen-bond donors (Lipinski definition) is 0. The van der Waals surface area contributed by atoms with Gasteiger partial charge in [0.2, 0.25) is 5.91 Å². The monoisotopic (exact) mass is 260 g/mol. The van der Waals surface area contributed by atoms with Crippen LogP contribution in [0.5, 0.6) is 0 Å². The van der Waals surface area contributed by atoms with Gasteiger partial charge in [0, 0.05) is 50.8 Å². The zero-order chi connectivity index (χ0) is 13.2. The summed E-state index contributed by atoms with van der Waals surface area (Å²) in [4.78, 5) is 24.2. The van der Waals surface area contributed by atoms with Gasteiger partial charge in [-0.05, 0) is 12.8 Å². The minimum atomic E-state index is 0.164. The van der Waals surface area contributed by atoms with E-state index in [0.717, 1.165) is 32.0 Å². The van der Waals surface area contributed by atoms with Crippen molar-refractivity contribution in [2.75, 3.05) is 31.1 Å². The Morgan fingerprint density at radius 2 is 1.95 bits per heavy atom. The van der Waals surface area contributed by atoms with Crippen LogP contribution in [0.15, 0.2) is 12.4 Å². The van der Waals surface area contributed by atoms with E-state index in [4.69, 9.17) is 0 Å². The second kappa shape index (κ2) is 5.15. The van der Waals surface area contributed by atoms with Gasteiger partial charge in [-0.15, -0.1) is 0 Å². The van der Waals surface area contributed by atoms with Crippen molar-refractivity contribution in [1.82, 2.24) is 14.9 Å². The van der Waals surface area contributed by atoms with Crippen LogP contribution in [-0.4, -0.2) is 47.0 Å². The van der Waals surface area contributed by atoms with Crippen LogP contribution in [0.3, 0.4) is 0 Å². The summed E-state index contributed by atoms with van der Waals surface area (Å²) in [6.45, 7) is 4.94. The highest BCUT2D eigenvalue weighted by Gasteiger charge is 2.23. The lowest BCUT2D eigenvalue weighted by atomic mass is 9.83. The number of hydrogen-bond acceptors (Lipinski definition) is 4. The molecule has 0 N–H and O–H groups in total. The first kappa shape index (κ1) is 12.4. The minimum Gasteiger partial charge on any atom is -0.353 e. The first-order valence-electron chi connectivity index (χ1n) is 7.06. The van der Waals surface area contributed by atoms with Gasteiger partial charge >= 0.3 is 0 Å². The van der Waals surface area contributed by atoms with Gasteiger partial charge in [-0.2, -0.15) is 0 Å². The second-order valence-corrected chi connectivity index (χ2v) is 5.42. The van der Waals surface area contributed by atoms with Crippen molar-refractivity contribution in [3.05, 3.63) is 18.1 Å². The molecule has 1 amide bonds. The molecule has 0 bridgehead atoms. The van der Waals surface area contributed by atoms with E-state index in [1.54, 1.807) is 13.3 Å². The van der Waals surface area contributed by atoms with Crippen LogP contribution in [0.25, 0.3) is 0 Å². The highest BCUT2D eigenvalue weighted by molar-refractivity contribution is 5.73. The summed E-state index contributed by atoms with van der Waals surface area (Å²) in [6, 6.07) is 2.13. The van der Waals surface area contributed by atoms with Crippen LogP contribution in [0.1, 0.15) is 37.8 Å². The van der Waals surface area contributed by atoms with Crippen molar-refractivity contribution in [1.29, 1.82) is 0 Å². The molecule has 1 aromatic heterocycles. The van der Waals surface area contributed by atoms with Gasteiger partial charge in [0.1, 0.15) is 12.1 Å². The van der Waals surface area contributed by atoms with Crippen molar-refractivity contribution in [3.8, 4) is 0 Å². The molecule has 2 heterocycles. The molecule has 0 radical (unpaired) electrons. The van der Waals surface area contributed by atoms with Crippen molar-refractivity contribution in [2.45, 2.75) is 32.1 Å². The zero-order valence-electron chi connectivity index (χ0n) is 11.4. The largest absolute Gasteiger partial charge is 0.353 e. The molecular formula is C14H20N4O. The smallest absolute Gasteiger partial charge is 0.219 e. The summed E-state index contributed by atoms with van der Waals surface area (Å²) in [7, 11) is 0. The first-order valence-corrected chi connectivity index (χ1v) is 7.06. The van der Waals surface area contributed by atoms with E-state index in [1.165, 1.54) is 25.0 Å². The van der Waals surface area contributed by atoms with Gasteiger partial charge < -0.3 is 9.80 Å². The SMILES string of the molecule is CC(=O)N1CCN(c2cc(C3CCC3)ncn2)CC1. The van der Waals surface area contributed by atoms with Gasteiger partial charge in [0.05, 0.1) is 0 Å². The molecule has 1 saturated carbocycles. The van der Waals surface area contributed by atoms with E-state index in [0.29, 0.717) is 5.92 Å². The van der Waals surface area contributed by atoms with Gasteiger partial charge in [0.15, 0.2) is 0 Å². The highest BCUT2D eigenvalue weighted by Crippen LogP contribution is 2.35. The Morgan fingerprint density at radius 1 is 1.21 bits per heavy atom. The quantitative estimate of drug-likeness (QED) is 0.807. The fraction of sp³-hybridized carbons (Fsp3) is 0.643. The van der Waals surface area contributed by atoms with E-state index >= 15 is 0 Å². The summed E-state index contributed by atoms with van der Waals surface area (Å²) in [5.74, 6) is 1.82. The van der Waals surface area contributed by atoms with Crippen molar-refractivity contribution >= 4 is 11.7 Å². The topological polar surface area (TPSA) is 49.3 Å². The third-order valence-corrected chi connectivity index (χ3v) is 4.25. The zero-order valence-corrected chi connectivity index (χ0v) is 11.4. The van der Waals surface area contributed by atoms with Crippen LogP contribution < -0.4 is 4.90 Å².